The first-order chi connectivity index (χ1) is 27.4. The number of fused-ring (bicyclic) bond motifs is 1. The zero-order valence-electron chi connectivity index (χ0n) is 36.1. The van der Waals surface area contributed by atoms with Gasteiger partial charge in [-0.1, -0.05) is 27.7 Å². The van der Waals surface area contributed by atoms with Crippen molar-refractivity contribution in [2.24, 2.45) is 23.7 Å². The lowest BCUT2D eigenvalue weighted by Gasteiger charge is -2.47. The molecule has 2 unspecified atom stereocenters. The second kappa shape index (κ2) is 18.7. The molecule has 0 spiro atoms. The fraction of sp³-hybridized carbons (Fsp3) is 0.721. The third kappa shape index (κ3) is 9.33. The molecule has 0 radical (unpaired) electrons. The van der Waals surface area contributed by atoms with Gasteiger partial charge < -0.3 is 43.2 Å². The van der Waals surface area contributed by atoms with E-state index in [1.54, 1.807) is 51.3 Å². The van der Waals surface area contributed by atoms with Crippen molar-refractivity contribution < 1.29 is 48.0 Å². The SMILES string of the molecule is CC[C@H]1OC(=O)[C@H](C)C(=O)[C@H](C)[C@@H](O[C@@H]2O[C@H](C)C[C@H](N(C)C)[C@H]2O)[C@](C)(OC)C[C@@H](C)C(=O)C(C)C2N(CCCCn3cnc(-c4cccnc4)c3)C(=O)O[C@@]21C. The van der Waals surface area contributed by atoms with E-state index in [1.807, 2.05) is 62.7 Å². The average molecular weight is 812 g/mol. The number of esters is 1. The Morgan fingerprint density at radius 3 is 2.36 bits per heavy atom. The van der Waals surface area contributed by atoms with E-state index in [1.165, 1.54) is 14.0 Å². The van der Waals surface area contributed by atoms with Crippen molar-refractivity contribution in [1.82, 2.24) is 24.3 Å². The predicted molar refractivity (Wildman–Crippen MR) is 214 cm³/mol. The number of Topliss-reactive ketones (excluding diaryl/α,β-unsaturated/α-hetero) is 2. The number of carbonyl (C=O) groups is 4. The quantitative estimate of drug-likeness (QED) is 0.184. The summed E-state index contributed by atoms with van der Waals surface area (Å²) in [6.07, 6.45) is 4.45. The van der Waals surface area contributed by atoms with Crippen LogP contribution in [0.25, 0.3) is 11.3 Å². The molecular weight excluding hydrogens is 746 g/mol. The van der Waals surface area contributed by atoms with Gasteiger partial charge in [-0.15, -0.1) is 0 Å². The number of methoxy groups -OCH3 is 1. The van der Waals surface area contributed by atoms with Gasteiger partial charge in [-0.05, 0) is 86.0 Å². The molecule has 13 atom stereocenters. The number of cyclic esters (lactones) is 1. The number of ether oxygens (including phenoxy) is 5. The van der Waals surface area contributed by atoms with Crippen molar-refractivity contribution in [3.63, 3.8) is 0 Å². The lowest BCUT2D eigenvalue weighted by molar-refractivity contribution is -0.295. The summed E-state index contributed by atoms with van der Waals surface area (Å²) < 4.78 is 33.2. The van der Waals surface area contributed by atoms with Crippen LogP contribution < -0.4 is 0 Å². The maximum Gasteiger partial charge on any atom is 0.410 e. The van der Waals surface area contributed by atoms with Gasteiger partial charge >= 0.3 is 12.1 Å². The molecule has 2 aromatic heterocycles. The van der Waals surface area contributed by atoms with Gasteiger partial charge in [0.15, 0.2) is 17.7 Å². The van der Waals surface area contributed by atoms with Crippen molar-refractivity contribution in [1.29, 1.82) is 0 Å². The summed E-state index contributed by atoms with van der Waals surface area (Å²) in [7, 11) is 5.24. The highest BCUT2D eigenvalue weighted by molar-refractivity contribution is 6.00. The maximum atomic E-state index is 14.7. The van der Waals surface area contributed by atoms with E-state index in [9.17, 15) is 24.3 Å². The number of likely N-dealkylation sites (N-methyl/N-ethyl adjacent to an activating group) is 1. The number of carbonyl (C=O) groups excluding carboxylic acids is 4. The van der Waals surface area contributed by atoms with Crippen LogP contribution in [0.4, 0.5) is 4.79 Å². The van der Waals surface area contributed by atoms with Gasteiger partial charge in [0.1, 0.15) is 23.9 Å². The Hall–Kier alpha value is -3.76. The van der Waals surface area contributed by atoms with Crippen molar-refractivity contribution in [3.05, 3.63) is 37.1 Å². The van der Waals surface area contributed by atoms with E-state index < -0.39 is 83.4 Å². The summed E-state index contributed by atoms with van der Waals surface area (Å²) in [4.78, 5) is 69.0. The molecule has 0 aliphatic carbocycles. The standard InChI is InChI=1S/C43H65N5O10/c1-12-33-43(8)37(48(41(53)58-43)19-14-13-18-47-23-31(45-24-47)30-16-15-17-44-22-30)27(4)34(49)25(2)21-42(7,54-11)38(28(5)35(50)29(6)39(52)56-33)57-40-36(51)32(46(9)10)20-26(3)55-40/h15-17,22-29,32-33,36-38,40,51H,12-14,18-21H2,1-11H3/t25-,26-,27?,28+,29-,32+,33-,36-,37?,38-,40+,42-,43-/m1/s1. The molecule has 1 amide bonds. The van der Waals surface area contributed by atoms with Crippen molar-refractivity contribution in [2.75, 3.05) is 27.7 Å². The summed E-state index contributed by atoms with van der Waals surface area (Å²) in [6.45, 7) is 14.9. The topological polar surface area (TPSA) is 172 Å². The van der Waals surface area contributed by atoms with Gasteiger partial charge in [0.25, 0.3) is 0 Å². The number of aliphatic hydroxyl groups is 1. The van der Waals surface area contributed by atoms with Crippen LogP contribution in [0, 0.1) is 23.7 Å². The van der Waals surface area contributed by atoms with E-state index >= 15 is 0 Å². The number of aromatic nitrogens is 3. The summed E-state index contributed by atoms with van der Waals surface area (Å²) in [5, 5.41) is 11.4. The number of aryl methyl sites for hydroxylation is 1. The van der Waals surface area contributed by atoms with Gasteiger partial charge in [-0.25, -0.2) is 9.78 Å². The molecule has 15 nitrogen and oxygen atoms in total. The summed E-state index contributed by atoms with van der Waals surface area (Å²) >= 11 is 0. The average Bonchev–Trinajstić information content (AvgIpc) is 3.78. The number of imidazole rings is 1. The van der Waals surface area contributed by atoms with E-state index in [4.69, 9.17) is 23.7 Å². The van der Waals surface area contributed by atoms with E-state index in [-0.39, 0.29) is 30.8 Å². The fourth-order valence-electron chi connectivity index (χ4n) is 9.43. The first-order valence-corrected chi connectivity index (χ1v) is 20.8. The van der Waals surface area contributed by atoms with Crippen LogP contribution in [0.5, 0.6) is 0 Å². The van der Waals surface area contributed by atoms with Crippen molar-refractivity contribution >= 4 is 23.6 Å². The number of rotatable bonds is 11. The predicted octanol–water partition coefficient (Wildman–Crippen LogP) is 4.93. The molecule has 3 aliphatic heterocycles. The second-order valence-electron chi connectivity index (χ2n) is 17.3. The first kappa shape index (κ1) is 45.3. The molecule has 1 N–H and O–H groups in total. The minimum absolute atomic E-state index is 0.130. The fourth-order valence-corrected chi connectivity index (χ4v) is 9.43. The van der Waals surface area contributed by atoms with Crippen LogP contribution in [-0.4, -0.2) is 135 Å². The number of hydrogen-bond acceptors (Lipinski definition) is 13. The number of ketones is 2. The number of unbranched alkanes of at least 4 members (excludes halogenated alkanes) is 1. The van der Waals surface area contributed by atoms with E-state index in [0.29, 0.717) is 32.4 Å². The van der Waals surface area contributed by atoms with Crippen LogP contribution >= 0.6 is 0 Å². The molecule has 0 saturated carbocycles. The van der Waals surface area contributed by atoms with Gasteiger partial charge in [0.2, 0.25) is 0 Å². The minimum atomic E-state index is -1.40. The summed E-state index contributed by atoms with van der Waals surface area (Å²) in [6, 6.07) is 2.74. The Bertz CT molecular complexity index is 1740. The van der Waals surface area contributed by atoms with Gasteiger partial charge in [-0.2, -0.15) is 0 Å². The number of pyridine rings is 1. The van der Waals surface area contributed by atoms with E-state index in [2.05, 4.69) is 9.97 Å². The summed E-state index contributed by atoms with van der Waals surface area (Å²) in [5.74, 6) is -4.95. The van der Waals surface area contributed by atoms with Crippen LogP contribution in [0.3, 0.4) is 0 Å². The normalized spacial score (nSPS) is 36.7. The zero-order chi connectivity index (χ0) is 42.7. The van der Waals surface area contributed by atoms with Crippen molar-refractivity contribution in [3.8, 4) is 11.3 Å². The van der Waals surface area contributed by atoms with Crippen LogP contribution in [0.2, 0.25) is 0 Å². The monoisotopic (exact) mass is 811 g/mol. The van der Waals surface area contributed by atoms with Crippen LogP contribution in [0.1, 0.15) is 87.5 Å². The Labute approximate surface area is 343 Å². The third-order valence-corrected chi connectivity index (χ3v) is 12.8. The molecule has 5 rings (SSSR count). The molecule has 2 aromatic rings. The Kier molecular flexibility index (Phi) is 14.6. The molecule has 3 aliphatic rings. The lowest BCUT2D eigenvalue weighted by Crippen LogP contribution is -2.60. The van der Waals surface area contributed by atoms with Gasteiger partial charge in [0.05, 0.1) is 35.9 Å². The van der Waals surface area contributed by atoms with Crippen LogP contribution in [0.15, 0.2) is 37.1 Å². The number of amides is 1. The van der Waals surface area contributed by atoms with Crippen molar-refractivity contribution in [2.45, 2.75) is 148 Å². The zero-order valence-corrected chi connectivity index (χ0v) is 36.1. The van der Waals surface area contributed by atoms with Gasteiger partial charge in [-0.3, -0.25) is 19.4 Å². The molecule has 58 heavy (non-hydrogen) atoms. The third-order valence-electron chi connectivity index (χ3n) is 12.8. The molecule has 0 aromatic carbocycles. The molecule has 322 valence electrons. The summed E-state index contributed by atoms with van der Waals surface area (Å²) in [5.41, 5.74) is -0.938. The molecular formula is C43H65N5O10. The Morgan fingerprint density at radius 1 is 1.02 bits per heavy atom. The van der Waals surface area contributed by atoms with Crippen LogP contribution in [-0.2, 0) is 44.6 Å². The highest BCUT2D eigenvalue weighted by Gasteiger charge is 2.60. The molecule has 3 fully saturated rings. The lowest BCUT2D eigenvalue weighted by atomic mass is 9.73. The Balaban J connectivity index is 1.43. The second-order valence-corrected chi connectivity index (χ2v) is 17.3. The number of nitrogens with zero attached hydrogens (tertiary/aromatic N) is 5. The number of hydrogen-bond donors (Lipinski definition) is 1. The highest BCUT2D eigenvalue weighted by atomic mass is 16.7. The van der Waals surface area contributed by atoms with Gasteiger partial charge in [0, 0.05) is 68.1 Å². The number of aliphatic hydroxyl groups excluding tert-OH is 1. The highest BCUT2D eigenvalue weighted by Crippen LogP contribution is 2.43. The first-order valence-electron chi connectivity index (χ1n) is 20.8. The largest absolute Gasteiger partial charge is 0.458 e. The smallest absolute Gasteiger partial charge is 0.410 e. The maximum absolute atomic E-state index is 14.7. The molecule has 3 saturated heterocycles. The molecule has 15 heteroatoms. The molecule has 5 heterocycles. The Morgan fingerprint density at radius 2 is 1.72 bits per heavy atom. The minimum Gasteiger partial charge on any atom is -0.458 e. The van der Waals surface area contributed by atoms with E-state index in [0.717, 1.165) is 11.3 Å². The molecule has 0 bridgehead atoms.